The Balaban J connectivity index is 1.57. The summed E-state index contributed by atoms with van der Waals surface area (Å²) in [6.45, 7) is 6.62. The number of Topliss-reactive ketones (excluding diaryl/α,β-unsaturated/α-hetero) is 1. The van der Waals surface area contributed by atoms with Crippen LogP contribution in [0.1, 0.15) is 65.1 Å². The molecule has 5 nitrogen and oxygen atoms in total. The summed E-state index contributed by atoms with van der Waals surface area (Å²) in [5.41, 5.74) is -0.193. The van der Waals surface area contributed by atoms with E-state index in [2.05, 4.69) is 36.3 Å². The summed E-state index contributed by atoms with van der Waals surface area (Å²) >= 11 is 0. The van der Waals surface area contributed by atoms with Gasteiger partial charge in [-0.1, -0.05) is 20.8 Å². The molecule has 5 heteroatoms. The van der Waals surface area contributed by atoms with Gasteiger partial charge in [0, 0.05) is 10.8 Å². The van der Waals surface area contributed by atoms with E-state index in [0.717, 1.165) is 42.8 Å². The zero-order chi connectivity index (χ0) is 15.5. The molecule has 0 N–H and O–H groups in total. The van der Waals surface area contributed by atoms with E-state index in [4.69, 9.17) is 0 Å². The minimum absolute atomic E-state index is 0.0597. The first-order valence-corrected chi connectivity index (χ1v) is 8.66. The molecule has 0 spiro atoms. The van der Waals surface area contributed by atoms with Crippen LogP contribution in [0, 0.1) is 23.2 Å². The average molecular weight is 302 g/mol. The lowest BCUT2D eigenvalue weighted by Gasteiger charge is -2.55. The van der Waals surface area contributed by atoms with Crippen LogP contribution in [0.3, 0.4) is 0 Å². The van der Waals surface area contributed by atoms with Crippen LogP contribution in [0.4, 0.5) is 0 Å². The molecule has 0 saturated heterocycles. The van der Waals surface area contributed by atoms with Crippen LogP contribution in [-0.2, 0) is 16.8 Å². The summed E-state index contributed by atoms with van der Waals surface area (Å²) in [5, 5.41) is 12.0. The molecule has 4 aliphatic carbocycles. The van der Waals surface area contributed by atoms with E-state index in [1.54, 1.807) is 4.68 Å². The zero-order valence-corrected chi connectivity index (χ0v) is 13.9. The number of ketones is 1. The van der Waals surface area contributed by atoms with Crippen LogP contribution in [0.2, 0.25) is 0 Å². The molecule has 22 heavy (non-hydrogen) atoms. The van der Waals surface area contributed by atoms with Crippen molar-refractivity contribution in [2.45, 2.75) is 71.3 Å². The molecule has 0 aromatic carbocycles. The minimum atomic E-state index is -0.134. The van der Waals surface area contributed by atoms with Crippen molar-refractivity contribution in [3.8, 4) is 0 Å². The number of aromatic nitrogens is 4. The van der Waals surface area contributed by atoms with Gasteiger partial charge in [0.2, 0.25) is 0 Å². The zero-order valence-electron chi connectivity index (χ0n) is 13.9. The minimum Gasteiger partial charge on any atom is -0.297 e. The molecule has 5 rings (SSSR count). The second-order valence-corrected chi connectivity index (χ2v) is 9.03. The molecular formula is C17H26N4O. The molecule has 4 bridgehead atoms. The molecule has 120 valence electrons. The van der Waals surface area contributed by atoms with Gasteiger partial charge in [-0.2, -0.15) is 0 Å². The predicted molar refractivity (Wildman–Crippen MR) is 82.1 cm³/mol. The van der Waals surface area contributed by atoms with Gasteiger partial charge < -0.3 is 0 Å². The molecule has 0 radical (unpaired) electrons. The Labute approximate surface area is 131 Å². The molecule has 0 aliphatic heterocycles. The number of hydrogen-bond donors (Lipinski definition) is 0. The lowest BCUT2D eigenvalue weighted by molar-refractivity contribution is -0.144. The first kappa shape index (κ1) is 14.3. The highest BCUT2D eigenvalue weighted by molar-refractivity contribution is 5.85. The van der Waals surface area contributed by atoms with E-state index in [0.29, 0.717) is 12.3 Å². The second-order valence-electron chi connectivity index (χ2n) is 9.03. The summed E-state index contributed by atoms with van der Waals surface area (Å²) in [4.78, 5) is 13.1. The van der Waals surface area contributed by atoms with Gasteiger partial charge in [-0.05, 0) is 66.7 Å². The van der Waals surface area contributed by atoms with E-state index < -0.39 is 0 Å². The van der Waals surface area contributed by atoms with Gasteiger partial charge >= 0.3 is 0 Å². The summed E-state index contributed by atoms with van der Waals surface area (Å²) < 4.78 is 1.74. The highest BCUT2D eigenvalue weighted by Crippen LogP contribution is 2.60. The van der Waals surface area contributed by atoms with Gasteiger partial charge in [-0.15, -0.1) is 5.10 Å². The second kappa shape index (κ2) is 4.62. The summed E-state index contributed by atoms with van der Waals surface area (Å²) in [6, 6.07) is 0. The smallest absolute Gasteiger partial charge is 0.160 e. The molecule has 0 unspecified atom stereocenters. The Bertz CT molecular complexity index is 563. The molecule has 1 aromatic heterocycles. The average Bonchev–Trinajstić information content (AvgIpc) is 2.85. The van der Waals surface area contributed by atoms with Crippen molar-refractivity contribution in [3.63, 3.8) is 0 Å². The Kier molecular flexibility index (Phi) is 3.01. The third-order valence-corrected chi connectivity index (χ3v) is 6.13. The number of rotatable bonds is 3. The largest absolute Gasteiger partial charge is 0.297 e. The van der Waals surface area contributed by atoms with Gasteiger partial charge in [-0.3, -0.25) is 4.79 Å². The maximum Gasteiger partial charge on any atom is 0.160 e. The molecule has 4 aliphatic rings. The summed E-state index contributed by atoms with van der Waals surface area (Å²) in [5.74, 6) is 3.58. The summed E-state index contributed by atoms with van der Waals surface area (Å²) in [7, 11) is 0. The number of carbonyl (C=O) groups excluding carboxylic acids is 1. The van der Waals surface area contributed by atoms with Gasteiger partial charge in [0.25, 0.3) is 0 Å². The maximum absolute atomic E-state index is 13.1. The first-order chi connectivity index (χ1) is 10.4. The number of tetrazole rings is 1. The van der Waals surface area contributed by atoms with Gasteiger partial charge in [0.15, 0.2) is 11.6 Å². The number of carbonyl (C=O) groups is 1. The Morgan fingerprint density at radius 3 is 2.18 bits per heavy atom. The number of hydrogen-bond acceptors (Lipinski definition) is 4. The van der Waals surface area contributed by atoms with Gasteiger partial charge in [0.1, 0.15) is 6.54 Å². The third-order valence-electron chi connectivity index (χ3n) is 6.13. The van der Waals surface area contributed by atoms with Crippen molar-refractivity contribution in [2.24, 2.45) is 23.2 Å². The van der Waals surface area contributed by atoms with Crippen LogP contribution < -0.4 is 0 Å². The molecule has 4 saturated carbocycles. The van der Waals surface area contributed by atoms with Gasteiger partial charge in [-0.25, -0.2) is 4.68 Å². The van der Waals surface area contributed by atoms with Crippen molar-refractivity contribution >= 4 is 5.78 Å². The number of nitrogens with zero attached hydrogens (tertiary/aromatic N) is 4. The van der Waals surface area contributed by atoms with Crippen LogP contribution >= 0.6 is 0 Å². The van der Waals surface area contributed by atoms with E-state index in [-0.39, 0.29) is 10.8 Å². The van der Waals surface area contributed by atoms with E-state index in [1.807, 2.05) is 0 Å². The molecule has 1 aromatic rings. The highest BCUT2D eigenvalue weighted by Gasteiger charge is 2.54. The molecule has 4 fully saturated rings. The SMILES string of the molecule is CC(C)(C)c1nnnn1CC(=O)C12CC3CC(CC(C3)C1)C2. The van der Waals surface area contributed by atoms with Gasteiger partial charge in [0.05, 0.1) is 0 Å². The fourth-order valence-electron chi connectivity index (χ4n) is 5.60. The quantitative estimate of drug-likeness (QED) is 0.861. The Hall–Kier alpha value is -1.26. The molecular weight excluding hydrogens is 276 g/mol. The lowest BCUT2D eigenvalue weighted by Crippen LogP contribution is -2.51. The standard InChI is InChI=1S/C17H26N4O/c1-16(2,3)15-18-19-20-21(15)10-14(22)17-7-11-4-12(8-17)6-13(5-11)9-17/h11-13H,4-10H2,1-3H3. The van der Waals surface area contributed by atoms with Crippen molar-refractivity contribution in [1.82, 2.24) is 20.2 Å². The molecule has 1 heterocycles. The van der Waals surface area contributed by atoms with Crippen molar-refractivity contribution in [1.29, 1.82) is 0 Å². The molecule has 0 amide bonds. The van der Waals surface area contributed by atoms with Crippen molar-refractivity contribution in [2.75, 3.05) is 0 Å². The van der Waals surface area contributed by atoms with Crippen LogP contribution in [0.15, 0.2) is 0 Å². The first-order valence-electron chi connectivity index (χ1n) is 8.66. The highest BCUT2D eigenvalue weighted by atomic mass is 16.1. The maximum atomic E-state index is 13.1. The third kappa shape index (κ3) is 2.20. The Morgan fingerprint density at radius 2 is 1.68 bits per heavy atom. The topological polar surface area (TPSA) is 60.7 Å². The van der Waals surface area contributed by atoms with Crippen LogP contribution in [0.5, 0.6) is 0 Å². The van der Waals surface area contributed by atoms with E-state index in [9.17, 15) is 4.79 Å². The molecule has 0 atom stereocenters. The van der Waals surface area contributed by atoms with E-state index in [1.165, 1.54) is 19.3 Å². The van der Waals surface area contributed by atoms with Crippen molar-refractivity contribution < 1.29 is 4.79 Å². The van der Waals surface area contributed by atoms with Crippen LogP contribution in [-0.4, -0.2) is 26.0 Å². The summed E-state index contributed by atoms with van der Waals surface area (Å²) in [6.07, 6.45) is 7.44. The lowest BCUT2D eigenvalue weighted by atomic mass is 9.48. The predicted octanol–water partition coefficient (Wildman–Crippen LogP) is 2.76. The fraction of sp³-hybridized carbons (Fsp3) is 0.882. The van der Waals surface area contributed by atoms with E-state index >= 15 is 0 Å². The van der Waals surface area contributed by atoms with Crippen LogP contribution in [0.25, 0.3) is 0 Å². The monoisotopic (exact) mass is 302 g/mol. The normalized spacial score (nSPS) is 36.8. The fourth-order valence-corrected chi connectivity index (χ4v) is 5.60. The van der Waals surface area contributed by atoms with Crippen molar-refractivity contribution in [3.05, 3.63) is 5.82 Å². The Morgan fingerprint density at radius 1 is 1.14 bits per heavy atom.